The molecule has 1 aliphatic rings. The highest BCUT2D eigenvalue weighted by atomic mass is 16.5. The Labute approximate surface area is 130 Å². The van der Waals surface area contributed by atoms with Crippen molar-refractivity contribution in [2.45, 2.75) is 33.3 Å². The van der Waals surface area contributed by atoms with Gasteiger partial charge in [-0.05, 0) is 51.5 Å². The van der Waals surface area contributed by atoms with Crippen LogP contribution in [0.1, 0.15) is 27.2 Å². The van der Waals surface area contributed by atoms with Crippen LogP contribution in [-0.4, -0.2) is 41.2 Å². The average molecular weight is 306 g/mol. The molecule has 0 spiro atoms. The first-order valence-corrected chi connectivity index (χ1v) is 7.36. The molecule has 0 radical (unpaired) electrons. The Morgan fingerprint density at radius 1 is 1.32 bits per heavy atom. The number of carboxylic acid groups (broad SMARTS) is 1. The maximum Gasteiger partial charge on any atom is 0.321 e. The van der Waals surface area contributed by atoms with Gasteiger partial charge in [0.05, 0.1) is 11.5 Å². The Kier molecular flexibility index (Phi) is 4.59. The molecule has 1 unspecified atom stereocenters. The average Bonchev–Trinajstić information content (AvgIpc) is 2.85. The van der Waals surface area contributed by atoms with Crippen molar-refractivity contribution in [1.82, 2.24) is 4.90 Å². The number of aliphatic carboxylic acids is 1. The molecular weight excluding hydrogens is 284 g/mol. The van der Waals surface area contributed by atoms with Crippen LogP contribution in [0.5, 0.6) is 5.75 Å². The molecule has 1 aromatic carbocycles. The molecular formula is C16H22N2O4. The number of amides is 2. The molecule has 1 fully saturated rings. The molecule has 0 saturated carbocycles. The third kappa shape index (κ3) is 3.69. The first kappa shape index (κ1) is 16.1. The van der Waals surface area contributed by atoms with E-state index in [-0.39, 0.29) is 18.7 Å². The lowest BCUT2D eigenvalue weighted by Crippen LogP contribution is -2.37. The summed E-state index contributed by atoms with van der Waals surface area (Å²) in [5.74, 6) is -0.120. The smallest absolute Gasteiger partial charge is 0.321 e. The van der Waals surface area contributed by atoms with Crippen LogP contribution in [0.4, 0.5) is 10.5 Å². The Hall–Kier alpha value is -2.24. The van der Waals surface area contributed by atoms with Gasteiger partial charge in [0, 0.05) is 18.8 Å². The summed E-state index contributed by atoms with van der Waals surface area (Å²) in [5, 5.41) is 12.0. The van der Waals surface area contributed by atoms with Gasteiger partial charge in [0.1, 0.15) is 5.75 Å². The predicted molar refractivity (Wildman–Crippen MR) is 83.2 cm³/mol. The summed E-state index contributed by atoms with van der Waals surface area (Å²) in [6, 6.07) is 6.84. The fraction of sp³-hybridized carbons (Fsp3) is 0.500. The number of urea groups is 1. The van der Waals surface area contributed by atoms with Gasteiger partial charge < -0.3 is 20.1 Å². The number of carbonyl (C=O) groups excluding carboxylic acids is 1. The van der Waals surface area contributed by atoms with Crippen LogP contribution in [0.15, 0.2) is 24.3 Å². The molecule has 2 N–H and O–H groups in total. The zero-order valence-corrected chi connectivity index (χ0v) is 13.1. The van der Waals surface area contributed by atoms with Crippen molar-refractivity contribution < 1.29 is 19.4 Å². The van der Waals surface area contributed by atoms with E-state index in [2.05, 4.69) is 5.32 Å². The first-order chi connectivity index (χ1) is 10.3. The van der Waals surface area contributed by atoms with Crippen molar-refractivity contribution >= 4 is 17.7 Å². The molecule has 2 rings (SSSR count). The lowest BCUT2D eigenvalue weighted by atomic mass is 9.90. The van der Waals surface area contributed by atoms with Gasteiger partial charge in [-0.2, -0.15) is 0 Å². The highest BCUT2D eigenvalue weighted by Crippen LogP contribution is 2.30. The summed E-state index contributed by atoms with van der Waals surface area (Å²) in [6.07, 6.45) is 0.565. The highest BCUT2D eigenvalue weighted by molar-refractivity contribution is 5.90. The number of benzene rings is 1. The molecule has 120 valence electrons. The third-order valence-corrected chi connectivity index (χ3v) is 3.75. The van der Waals surface area contributed by atoms with Gasteiger partial charge >= 0.3 is 12.0 Å². The summed E-state index contributed by atoms with van der Waals surface area (Å²) in [7, 11) is 0. The van der Waals surface area contributed by atoms with E-state index in [0.717, 1.165) is 5.75 Å². The van der Waals surface area contributed by atoms with Crippen molar-refractivity contribution in [2.75, 3.05) is 18.4 Å². The third-order valence-electron chi connectivity index (χ3n) is 3.75. The Morgan fingerprint density at radius 3 is 2.45 bits per heavy atom. The molecule has 0 aromatic heterocycles. The number of hydrogen-bond donors (Lipinski definition) is 2. The Morgan fingerprint density at radius 2 is 1.95 bits per heavy atom. The Bertz CT molecular complexity index is 556. The van der Waals surface area contributed by atoms with Crippen molar-refractivity contribution in [1.29, 1.82) is 0 Å². The number of likely N-dealkylation sites (tertiary alicyclic amines) is 1. The quantitative estimate of drug-likeness (QED) is 0.896. The summed E-state index contributed by atoms with van der Waals surface area (Å²) in [4.78, 5) is 24.9. The van der Waals surface area contributed by atoms with Crippen LogP contribution in [0.2, 0.25) is 0 Å². The minimum Gasteiger partial charge on any atom is -0.491 e. The van der Waals surface area contributed by atoms with Crippen molar-refractivity contribution in [3.8, 4) is 5.75 Å². The summed E-state index contributed by atoms with van der Waals surface area (Å²) >= 11 is 0. The van der Waals surface area contributed by atoms with E-state index in [1.165, 1.54) is 4.90 Å². The molecule has 1 aliphatic heterocycles. The molecule has 1 aromatic rings. The summed E-state index contributed by atoms with van der Waals surface area (Å²) < 4.78 is 5.54. The number of ether oxygens (including phenoxy) is 1. The van der Waals surface area contributed by atoms with Crippen LogP contribution in [0, 0.1) is 5.41 Å². The topological polar surface area (TPSA) is 78.9 Å². The molecule has 1 heterocycles. The van der Waals surface area contributed by atoms with Crippen molar-refractivity contribution in [2.24, 2.45) is 5.41 Å². The molecule has 1 atom stereocenters. The second kappa shape index (κ2) is 6.25. The first-order valence-electron chi connectivity index (χ1n) is 7.36. The second-order valence-corrected chi connectivity index (χ2v) is 6.16. The normalized spacial score (nSPS) is 21.0. The Balaban J connectivity index is 1.94. The van der Waals surface area contributed by atoms with Gasteiger partial charge in [-0.25, -0.2) is 4.79 Å². The number of nitrogens with one attached hydrogen (secondary N) is 1. The number of carbonyl (C=O) groups is 2. The van der Waals surface area contributed by atoms with Gasteiger partial charge in [0.25, 0.3) is 0 Å². The monoisotopic (exact) mass is 306 g/mol. The number of rotatable bonds is 4. The molecule has 6 heteroatoms. The molecule has 22 heavy (non-hydrogen) atoms. The van der Waals surface area contributed by atoms with Crippen molar-refractivity contribution in [3.05, 3.63) is 24.3 Å². The molecule has 6 nitrogen and oxygen atoms in total. The van der Waals surface area contributed by atoms with Crippen LogP contribution >= 0.6 is 0 Å². The van der Waals surface area contributed by atoms with Crippen LogP contribution in [0.3, 0.4) is 0 Å². The van der Waals surface area contributed by atoms with E-state index in [9.17, 15) is 14.7 Å². The van der Waals surface area contributed by atoms with E-state index >= 15 is 0 Å². The highest BCUT2D eigenvalue weighted by Gasteiger charge is 2.42. The standard InChI is InChI=1S/C16H22N2O4/c1-11(2)22-13-6-4-12(5-7-13)17-15(21)18-9-8-16(3,10-18)14(19)20/h4-7,11H,8-10H2,1-3H3,(H,17,21)(H,19,20). The second-order valence-electron chi connectivity index (χ2n) is 6.16. The minimum absolute atomic E-state index is 0.0961. The number of carboxylic acids is 1. The molecule has 0 aliphatic carbocycles. The molecule has 1 saturated heterocycles. The molecule has 2 amide bonds. The predicted octanol–water partition coefficient (Wildman–Crippen LogP) is 2.80. The van der Waals surface area contributed by atoms with E-state index in [0.29, 0.717) is 18.7 Å². The van der Waals surface area contributed by atoms with Gasteiger partial charge in [-0.1, -0.05) is 0 Å². The maximum atomic E-state index is 12.2. The van der Waals surface area contributed by atoms with E-state index < -0.39 is 11.4 Å². The summed E-state index contributed by atoms with van der Waals surface area (Å²) in [5.41, 5.74) is -0.197. The van der Waals surface area contributed by atoms with E-state index in [4.69, 9.17) is 4.74 Å². The van der Waals surface area contributed by atoms with Gasteiger partial charge in [0.2, 0.25) is 0 Å². The summed E-state index contributed by atoms with van der Waals surface area (Å²) in [6.45, 7) is 6.23. The van der Waals surface area contributed by atoms with Gasteiger partial charge in [-0.3, -0.25) is 4.79 Å². The number of anilines is 1. The van der Waals surface area contributed by atoms with Crippen LogP contribution < -0.4 is 10.1 Å². The fourth-order valence-electron chi connectivity index (χ4n) is 2.40. The zero-order chi connectivity index (χ0) is 16.3. The van der Waals surface area contributed by atoms with E-state index in [1.54, 1.807) is 31.2 Å². The maximum absolute atomic E-state index is 12.2. The largest absolute Gasteiger partial charge is 0.491 e. The van der Waals surface area contributed by atoms with E-state index in [1.807, 2.05) is 13.8 Å². The van der Waals surface area contributed by atoms with Crippen molar-refractivity contribution in [3.63, 3.8) is 0 Å². The lowest BCUT2D eigenvalue weighted by Gasteiger charge is -2.20. The number of nitrogens with zero attached hydrogens (tertiary/aromatic N) is 1. The molecule has 0 bridgehead atoms. The lowest BCUT2D eigenvalue weighted by molar-refractivity contribution is -0.146. The van der Waals surface area contributed by atoms with Crippen LogP contribution in [0.25, 0.3) is 0 Å². The van der Waals surface area contributed by atoms with Gasteiger partial charge in [0.15, 0.2) is 0 Å². The number of hydrogen-bond acceptors (Lipinski definition) is 3. The fourth-order valence-corrected chi connectivity index (χ4v) is 2.40. The van der Waals surface area contributed by atoms with Gasteiger partial charge in [-0.15, -0.1) is 0 Å². The van der Waals surface area contributed by atoms with Crippen LogP contribution in [-0.2, 0) is 4.79 Å². The minimum atomic E-state index is -0.863. The SMILES string of the molecule is CC(C)Oc1ccc(NC(=O)N2CCC(C)(C(=O)O)C2)cc1. The zero-order valence-electron chi connectivity index (χ0n) is 13.1.